The fraction of sp³-hybridized carbons (Fsp3) is 0.306. The zero-order valence-corrected chi connectivity index (χ0v) is 27.7. The number of anilines is 2. The van der Waals surface area contributed by atoms with Gasteiger partial charge in [0.15, 0.2) is 0 Å². The van der Waals surface area contributed by atoms with Crippen LogP contribution in [-0.4, -0.2) is 40.6 Å². The van der Waals surface area contributed by atoms with Crippen LogP contribution in [0.5, 0.6) is 0 Å². The van der Waals surface area contributed by atoms with Crippen LogP contribution in [0.1, 0.15) is 61.4 Å². The molecule has 3 aromatic carbocycles. The predicted molar refractivity (Wildman–Crippen MR) is 188 cm³/mol. The Morgan fingerprint density at radius 1 is 1.00 bits per heavy atom. The summed E-state index contributed by atoms with van der Waals surface area (Å²) < 4.78 is 0. The molecule has 1 aromatic heterocycles. The van der Waals surface area contributed by atoms with Gasteiger partial charge in [0.1, 0.15) is 6.07 Å². The van der Waals surface area contributed by atoms with Crippen molar-refractivity contribution in [2.45, 2.75) is 50.7 Å². The van der Waals surface area contributed by atoms with E-state index in [1.54, 1.807) is 6.20 Å². The molecule has 9 nitrogen and oxygen atoms in total. The first-order chi connectivity index (χ1) is 23.0. The Balaban J connectivity index is 1.36. The van der Waals surface area contributed by atoms with Crippen LogP contribution in [0.25, 0.3) is 10.9 Å². The number of piperidine rings is 1. The van der Waals surface area contributed by atoms with Gasteiger partial charge in [-0.2, -0.15) is 10.5 Å². The van der Waals surface area contributed by atoms with Gasteiger partial charge >= 0.3 is 0 Å². The summed E-state index contributed by atoms with van der Waals surface area (Å²) in [6, 6.07) is 26.0. The van der Waals surface area contributed by atoms with Crippen molar-refractivity contribution >= 4 is 45.5 Å². The summed E-state index contributed by atoms with van der Waals surface area (Å²) in [7, 11) is 0. The molecular weight excluding hydrogens is 629 g/mol. The number of nitrogens with zero attached hydrogens (tertiary/aromatic N) is 5. The van der Waals surface area contributed by atoms with Crippen molar-refractivity contribution in [2.24, 2.45) is 0 Å². The zero-order chi connectivity index (χ0) is 32.8. The van der Waals surface area contributed by atoms with Crippen LogP contribution in [0.4, 0.5) is 11.4 Å². The van der Waals surface area contributed by atoms with Crippen LogP contribution in [0.15, 0.2) is 84.8 Å². The van der Waals surface area contributed by atoms with E-state index in [-0.39, 0.29) is 12.1 Å². The summed E-state index contributed by atoms with van der Waals surface area (Å²) in [5.41, 5.74) is 12.1. The molecule has 2 aliphatic rings. The molecule has 47 heavy (non-hydrogen) atoms. The van der Waals surface area contributed by atoms with Crippen LogP contribution in [0.3, 0.4) is 0 Å². The Morgan fingerprint density at radius 3 is 2.47 bits per heavy atom. The van der Waals surface area contributed by atoms with Gasteiger partial charge in [-0.15, -0.1) is 5.53 Å². The number of aromatic nitrogens is 1. The maximum absolute atomic E-state index is 10.1. The summed E-state index contributed by atoms with van der Waals surface area (Å²) >= 11 is 13.2. The minimum absolute atomic E-state index is 0.195. The van der Waals surface area contributed by atoms with E-state index in [4.69, 9.17) is 23.2 Å². The lowest BCUT2D eigenvalue weighted by atomic mass is 10.00. The van der Waals surface area contributed by atoms with Gasteiger partial charge in [-0.05, 0) is 61.2 Å². The Kier molecular flexibility index (Phi) is 10.3. The minimum atomic E-state index is -0.273. The van der Waals surface area contributed by atoms with E-state index in [1.807, 2.05) is 66.7 Å². The second kappa shape index (κ2) is 14.9. The quantitative estimate of drug-likeness (QED) is 0.128. The Bertz CT molecular complexity index is 1810. The number of nitrogens with one attached hydrogen (secondary N) is 4. The molecule has 4 N–H and O–H groups in total. The fourth-order valence-corrected chi connectivity index (χ4v) is 6.73. The van der Waals surface area contributed by atoms with Gasteiger partial charge < -0.3 is 21.0 Å². The van der Waals surface area contributed by atoms with E-state index in [2.05, 4.69) is 61.7 Å². The van der Waals surface area contributed by atoms with Crippen molar-refractivity contribution in [3.63, 3.8) is 0 Å². The standard InChI is InChI=1S/C36H37Cl2N9/c1-2-46-17-14-29(15-18-46)47-23-33(44-45-47)35(25-10-12-27(37)13-11-25)42-28-19-30-34(26(21-40)22-41-36(30)31(38)20-28)43-32(9-6-16-39)24-7-4-3-5-8-24/h3-5,7-8,10-13,19-20,22-23,29,32,35,42,44-45H,2,6,9,14-15,17-18H2,1H3,(H,41,43)/t32-,35+/m1/s1. The second-order valence-corrected chi connectivity index (χ2v) is 12.7. The first-order valence-electron chi connectivity index (χ1n) is 15.9. The van der Waals surface area contributed by atoms with Crippen molar-refractivity contribution in [1.82, 2.24) is 25.9 Å². The van der Waals surface area contributed by atoms with Gasteiger partial charge in [0, 0.05) is 54.0 Å². The largest absolute Gasteiger partial charge is 0.377 e. The second-order valence-electron chi connectivity index (χ2n) is 11.8. The SMILES string of the molecule is CCN1CCC(N2C=C([C@@H](Nc3cc(Cl)c4ncc(C#N)c(N[C@H](CCC#N)c5ccccc5)c4c3)c3ccc(Cl)cc3)NN2)CC1. The van der Waals surface area contributed by atoms with E-state index in [9.17, 15) is 10.5 Å². The molecule has 11 heteroatoms. The van der Waals surface area contributed by atoms with Crippen LogP contribution in [-0.2, 0) is 0 Å². The number of pyridine rings is 1. The molecular formula is C36H37Cl2N9. The molecule has 0 aliphatic carbocycles. The predicted octanol–water partition coefficient (Wildman–Crippen LogP) is 7.67. The van der Waals surface area contributed by atoms with Crippen LogP contribution < -0.4 is 21.6 Å². The molecule has 1 saturated heterocycles. The molecule has 0 spiro atoms. The lowest BCUT2D eigenvalue weighted by Gasteiger charge is -2.35. The number of hydrogen-bond acceptors (Lipinski definition) is 9. The molecule has 2 aliphatic heterocycles. The van der Waals surface area contributed by atoms with Gasteiger partial charge in [-0.1, -0.05) is 72.6 Å². The lowest BCUT2D eigenvalue weighted by Crippen LogP contribution is -2.48. The van der Waals surface area contributed by atoms with E-state index in [1.165, 1.54) is 0 Å². The highest BCUT2D eigenvalue weighted by molar-refractivity contribution is 6.36. The Hall–Kier alpha value is -4.51. The number of hydrazine groups is 2. The first kappa shape index (κ1) is 32.4. The van der Waals surface area contributed by atoms with Gasteiger partial charge in [-0.25, -0.2) is 0 Å². The van der Waals surface area contributed by atoms with Crippen LogP contribution >= 0.6 is 23.2 Å². The van der Waals surface area contributed by atoms with Crippen molar-refractivity contribution < 1.29 is 0 Å². The van der Waals surface area contributed by atoms with Crippen LogP contribution in [0, 0.1) is 22.7 Å². The number of fused-ring (bicyclic) bond motifs is 1. The van der Waals surface area contributed by atoms with Crippen molar-refractivity contribution in [1.29, 1.82) is 10.5 Å². The highest BCUT2D eigenvalue weighted by Gasteiger charge is 2.29. The summed E-state index contributed by atoms with van der Waals surface area (Å²) in [5, 5.41) is 30.8. The molecule has 0 radical (unpaired) electrons. The average molecular weight is 667 g/mol. The highest BCUT2D eigenvalue weighted by Crippen LogP contribution is 2.38. The minimum Gasteiger partial charge on any atom is -0.377 e. The van der Waals surface area contributed by atoms with Crippen molar-refractivity contribution in [2.75, 3.05) is 30.3 Å². The monoisotopic (exact) mass is 665 g/mol. The van der Waals surface area contributed by atoms with Crippen molar-refractivity contribution in [3.05, 3.63) is 112 Å². The average Bonchev–Trinajstić information content (AvgIpc) is 3.60. The third-order valence-electron chi connectivity index (χ3n) is 8.94. The van der Waals surface area contributed by atoms with Gasteiger partial charge in [-0.3, -0.25) is 9.99 Å². The molecule has 0 bridgehead atoms. The topological polar surface area (TPSA) is 115 Å². The molecule has 240 valence electrons. The number of nitriles is 2. The van der Waals surface area contributed by atoms with E-state index in [0.29, 0.717) is 51.1 Å². The Labute approximate surface area is 285 Å². The van der Waals surface area contributed by atoms with E-state index >= 15 is 0 Å². The van der Waals surface area contributed by atoms with E-state index < -0.39 is 0 Å². The number of likely N-dealkylation sites (tertiary alicyclic amines) is 1. The number of hydrogen-bond donors (Lipinski definition) is 4. The third-order valence-corrected chi connectivity index (χ3v) is 9.48. The van der Waals surface area contributed by atoms with Gasteiger partial charge in [0.25, 0.3) is 0 Å². The molecule has 0 saturated carbocycles. The normalized spacial score (nSPS) is 16.5. The first-order valence-corrected chi connectivity index (χ1v) is 16.7. The fourth-order valence-electron chi connectivity index (χ4n) is 6.34. The van der Waals surface area contributed by atoms with Gasteiger partial charge in [0.2, 0.25) is 0 Å². The summed E-state index contributed by atoms with van der Waals surface area (Å²) in [6.07, 6.45) is 6.77. The van der Waals surface area contributed by atoms with E-state index in [0.717, 1.165) is 55.0 Å². The maximum atomic E-state index is 10.1. The lowest BCUT2D eigenvalue weighted by molar-refractivity contribution is 0.112. The molecule has 4 aromatic rings. The molecule has 6 rings (SSSR count). The molecule has 2 atom stereocenters. The van der Waals surface area contributed by atoms with Crippen molar-refractivity contribution in [3.8, 4) is 12.1 Å². The number of rotatable bonds is 11. The third kappa shape index (κ3) is 7.40. The van der Waals surface area contributed by atoms with Gasteiger partial charge in [0.05, 0.1) is 45.6 Å². The molecule has 1 fully saturated rings. The zero-order valence-electron chi connectivity index (χ0n) is 26.2. The summed E-state index contributed by atoms with van der Waals surface area (Å²) in [4.78, 5) is 7.04. The molecule has 0 unspecified atom stereocenters. The molecule has 3 heterocycles. The molecule has 0 amide bonds. The maximum Gasteiger partial charge on any atom is 0.103 e. The Morgan fingerprint density at radius 2 is 1.77 bits per heavy atom. The smallest absolute Gasteiger partial charge is 0.103 e. The highest BCUT2D eigenvalue weighted by atomic mass is 35.5. The summed E-state index contributed by atoms with van der Waals surface area (Å²) in [6.45, 7) is 5.44. The summed E-state index contributed by atoms with van der Waals surface area (Å²) in [5.74, 6) is 0. The number of benzene rings is 3. The number of halogens is 2. The van der Waals surface area contributed by atoms with Crippen LogP contribution in [0.2, 0.25) is 10.0 Å².